The molecule has 70 valence electrons. The second-order valence-electron chi connectivity index (χ2n) is 2.76. The number of carbonyl (C=O) groups excluding carboxylic acids is 1. The van der Waals surface area contributed by atoms with Gasteiger partial charge in [0.1, 0.15) is 6.61 Å². The van der Waals surface area contributed by atoms with Crippen molar-refractivity contribution in [3.63, 3.8) is 0 Å². The van der Waals surface area contributed by atoms with E-state index in [4.69, 9.17) is 19.9 Å². The molecule has 0 atom stereocenters. The lowest BCUT2D eigenvalue weighted by Gasteiger charge is -2.12. The van der Waals surface area contributed by atoms with Crippen LogP contribution in [-0.4, -0.2) is 19.3 Å². The molecule has 5 nitrogen and oxygen atoms in total. The van der Waals surface area contributed by atoms with Gasteiger partial charge in [0.05, 0.1) is 12.7 Å². The van der Waals surface area contributed by atoms with E-state index >= 15 is 0 Å². The summed E-state index contributed by atoms with van der Waals surface area (Å²) in [5.41, 5.74) is 5.70. The van der Waals surface area contributed by atoms with Gasteiger partial charge in [0.2, 0.25) is 12.7 Å². The summed E-state index contributed by atoms with van der Waals surface area (Å²) in [6.07, 6.45) is 1.60. The Morgan fingerprint density at radius 2 is 2.38 bits per heavy atom. The van der Waals surface area contributed by atoms with Gasteiger partial charge in [-0.25, -0.2) is 0 Å². The summed E-state index contributed by atoms with van der Waals surface area (Å²) in [4.78, 5) is 10.7. The maximum absolute atomic E-state index is 10.7. The highest BCUT2D eigenvalue weighted by Crippen LogP contribution is 2.28. The van der Waals surface area contributed by atoms with Crippen molar-refractivity contribution in [3.8, 4) is 0 Å². The van der Waals surface area contributed by atoms with E-state index in [1.165, 1.54) is 6.26 Å². The molecule has 0 fully saturated rings. The summed E-state index contributed by atoms with van der Waals surface area (Å²) in [5, 5.41) is 0. The van der Waals surface area contributed by atoms with Gasteiger partial charge in [0.25, 0.3) is 0 Å². The summed E-state index contributed by atoms with van der Waals surface area (Å²) in [6.45, 7) is 0.543. The van der Waals surface area contributed by atoms with Crippen LogP contribution in [0.3, 0.4) is 0 Å². The Hall–Kier alpha value is -1.65. The molecule has 0 aliphatic carbocycles. The lowest BCUT2D eigenvalue weighted by atomic mass is 10.1. The largest absolute Gasteiger partial charge is 0.493 e. The van der Waals surface area contributed by atoms with Gasteiger partial charge >= 0.3 is 0 Å². The average molecular weight is 183 g/mol. The first-order valence-corrected chi connectivity index (χ1v) is 3.85. The molecule has 0 unspecified atom stereocenters. The molecule has 5 heteroatoms. The molecule has 0 aromatic heterocycles. The number of ether oxygens (including phenoxy) is 3. The summed E-state index contributed by atoms with van der Waals surface area (Å²) < 4.78 is 15.3. The fourth-order valence-electron chi connectivity index (χ4n) is 1.27. The smallest absolute Gasteiger partial charge is 0.231 e. The van der Waals surface area contributed by atoms with E-state index < -0.39 is 5.91 Å². The first-order chi connectivity index (χ1) is 6.27. The fraction of sp³-hybridized carbons (Fsp3) is 0.375. The van der Waals surface area contributed by atoms with Crippen molar-refractivity contribution in [1.29, 1.82) is 0 Å². The van der Waals surface area contributed by atoms with E-state index in [1.54, 1.807) is 0 Å². The predicted molar refractivity (Wildman–Crippen MR) is 41.9 cm³/mol. The molecule has 2 aliphatic rings. The summed E-state index contributed by atoms with van der Waals surface area (Å²) in [5.74, 6) is 0.822. The topological polar surface area (TPSA) is 70.8 Å². The molecule has 2 heterocycles. The average Bonchev–Trinajstić information content (AvgIpc) is 2.51. The molecule has 2 N–H and O–H groups in total. The summed E-state index contributed by atoms with van der Waals surface area (Å²) in [6, 6.07) is 0. The molecular weight excluding hydrogens is 174 g/mol. The number of allylic oxidation sites excluding steroid dienone is 1. The van der Waals surface area contributed by atoms with Crippen LogP contribution >= 0.6 is 0 Å². The third-order valence-corrected chi connectivity index (χ3v) is 1.79. The third kappa shape index (κ3) is 1.44. The fourth-order valence-corrected chi connectivity index (χ4v) is 1.27. The number of carbonyl (C=O) groups is 1. The maximum Gasteiger partial charge on any atom is 0.231 e. The SMILES string of the molecule is NC(=O)CC1=COCC2=C1OCO2. The summed E-state index contributed by atoms with van der Waals surface area (Å²) in [7, 11) is 0. The minimum Gasteiger partial charge on any atom is -0.493 e. The highest BCUT2D eigenvalue weighted by atomic mass is 16.7. The van der Waals surface area contributed by atoms with Gasteiger partial charge < -0.3 is 19.9 Å². The number of hydrogen-bond donors (Lipinski definition) is 1. The molecule has 2 rings (SSSR count). The lowest BCUT2D eigenvalue weighted by molar-refractivity contribution is -0.117. The maximum atomic E-state index is 10.7. The quantitative estimate of drug-likeness (QED) is 0.653. The Morgan fingerprint density at radius 3 is 3.15 bits per heavy atom. The van der Waals surface area contributed by atoms with Crippen molar-refractivity contribution in [2.45, 2.75) is 6.42 Å². The van der Waals surface area contributed by atoms with E-state index in [9.17, 15) is 4.79 Å². The van der Waals surface area contributed by atoms with Crippen LogP contribution in [0.15, 0.2) is 23.4 Å². The van der Waals surface area contributed by atoms with Gasteiger partial charge in [-0.3, -0.25) is 4.79 Å². The zero-order chi connectivity index (χ0) is 9.26. The van der Waals surface area contributed by atoms with Crippen LogP contribution in [0.1, 0.15) is 6.42 Å². The van der Waals surface area contributed by atoms with Gasteiger partial charge in [0.15, 0.2) is 11.5 Å². The van der Waals surface area contributed by atoms with Crippen molar-refractivity contribution in [3.05, 3.63) is 23.4 Å². The number of nitrogens with two attached hydrogens (primary N) is 1. The molecule has 1 amide bonds. The Bertz CT molecular complexity index is 305. The van der Waals surface area contributed by atoms with Gasteiger partial charge in [0, 0.05) is 5.57 Å². The molecule has 0 bridgehead atoms. The van der Waals surface area contributed by atoms with Crippen LogP contribution in [0.25, 0.3) is 0 Å². The van der Waals surface area contributed by atoms with Crippen LogP contribution in [-0.2, 0) is 19.0 Å². The van der Waals surface area contributed by atoms with Crippen molar-refractivity contribution in [2.75, 3.05) is 13.4 Å². The number of hydrogen-bond acceptors (Lipinski definition) is 4. The molecule has 0 radical (unpaired) electrons. The monoisotopic (exact) mass is 183 g/mol. The van der Waals surface area contributed by atoms with Gasteiger partial charge in [-0.1, -0.05) is 0 Å². The molecule has 0 saturated heterocycles. The molecule has 13 heavy (non-hydrogen) atoms. The van der Waals surface area contributed by atoms with Gasteiger partial charge in [-0.15, -0.1) is 0 Å². The second-order valence-corrected chi connectivity index (χ2v) is 2.76. The molecule has 0 spiro atoms. The third-order valence-electron chi connectivity index (χ3n) is 1.79. The Kier molecular flexibility index (Phi) is 1.84. The molecule has 0 aromatic rings. The zero-order valence-electron chi connectivity index (χ0n) is 6.91. The number of amides is 1. The van der Waals surface area contributed by atoms with Gasteiger partial charge in [-0.2, -0.15) is 0 Å². The van der Waals surface area contributed by atoms with Crippen molar-refractivity contribution >= 4 is 5.91 Å². The van der Waals surface area contributed by atoms with Crippen molar-refractivity contribution in [1.82, 2.24) is 0 Å². The Balaban J connectivity index is 2.18. The van der Waals surface area contributed by atoms with E-state index in [-0.39, 0.29) is 13.2 Å². The van der Waals surface area contributed by atoms with Crippen LogP contribution in [0.5, 0.6) is 0 Å². The van der Waals surface area contributed by atoms with Crippen LogP contribution in [0, 0.1) is 0 Å². The lowest BCUT2D eigenvalue weighted by Crippen LogP contribution is -2.14. The van der Waals surface area contributed by atoms with E-state index in [1.807, 2.05) is 0 Å². The van der Waals surface area contributed by atoms with Crippen molar-refractivity contribution < 1.29 is 19.0 Å². The minimum atomic E-state index is -0.417. The molecule has 0 aromatic carbocycles. The highest BCUT2D eigenvalue weighted by Gasteiger charge is 2.25. The first-order valence-electron chi connectivity index (χ1n) is 3.85. The first kappa shape index (κ1) is 7.97. The zero-order valence-corrected chi connectivity index (χ0v) is 6.91. The standard InChI is InChI=1S/C8H9NO4/c9-7(10)1-5-2-11-3-6-8(5)13-4-12-6/h2H,1,3-4H2,(H2,9,10). The van der Waals surface area contributed by atoms with E-state index in [2.05, 4.69) is 0 Å². The van der Waals surface area contributed by atoms with Crippen molar-refractivity contribution in [2.24, 2.45) is 5.73 Å². The molecular formula is C8H9NO4. The molecule has 0 saturated carbocycles. The Labute approximate surface area is 74.7 Å². The predicted octanol–water partition coefficient (Wildman–Crippen LogP) is -0.00820. The van der Waals surface area contributed by atoms with Crippen LogP contribution < -0.4 is 5.73 Å². The van der Waals surface area contributed by atoms with E-state index in [0.29, 0.717) is 23.7 Å². The van der Waals surface area contributed by atoms with Gasteiger partial charge in [-0.05, 0) is 0 Å². The Morgan fingerprint density at radius 1 is 1.54 bits per heavy atom. The molecule has 2 aliphatic heterocycles. The normalized spacial score (nSPS) is 19.5. The number of rotatable bonds is 2. The minimum absolute atomic E-state index is 0.113. The highest BCUT2D eigenvalue weighted by molar-refractivity contribution is 5.77. The van der Waals surface area contributed by atoms with E-state index in [0.717, 1.165) is 0 Å². The van der Waals surface area contributed by atoms with Crippen LogP contribution in [0.2, 0.25) is 0 Å². The second kappa shape index (κ2) is 3.01. The number of primary amides is 1. The summed E-state index contributed by atoms with van der Waals surface area (Å²) >= 11 is 0. The van der Waals surface area contributed by atoms with Crippen LogP contribution in [0.4, 0.5) is 0 Å².